The number of hydrogen-bond acceptors (Lipinski definition) is 6. The van der Waals surface area contributed by atoms with Gasteiger partial charge in [-0.15, -0.1) is 0 Å². The van der Waals surface area contributed by atoms with Gasteiger partial charge in [-0.05, 0) is 44.0 Å². The van der Waals surface area contributed by atoms with Gasteiger partial charge in [0.15, 0.2) is 0 Å². The molecule has 0 aromatic heterocycles. The molecule has 1 aliphatic heterocycles. The number of carbonyl (C=O) groups excluding carboxylic acids is 2. The lowest BCUT2D eigenvalue weighted by molar-refractivity contribution is -0.119. The van der Waals surface area contributed by atoms with Crippen molar-refractivity contribution in [3.05, 3.63) is 23.8 Å². The van der Waals surface area contributed by atoms with Crippen molar-refractivity contribution in [3.63, 3.8) is 0 Å². The lowest BCUT2D eigenvalue weighted by Crippen LogP contribution is -2.46. The second-order valence-corrected chi connectivity index (χ2v) is 8.28. The van der Waals surface area contributed by atoms with Crippen LogP contribution in [-0.2, 0) is 14.3 Å². The number of anilines is 1. The molecule has 1 aliphatic rings. The molecule has 2 rings (SSSR count). The van der Waals surface area contributed by atoms with Gasteiger partial charge in [-0.25, -0.2) is 0 Å². The van der Waals surface area contributed by atoms with Gasteiger partial charge in [0.1, 0.15) is 19.0 Å². The molecule has 8 heteroatoms. The van der Waals surface area contributed by atoms with Gasteiger partial charge in [-0.1, -0.05) is 13.8 Å². The Morgan fingerprint density at radius 3 is 2.65 bits per heavy atom. The summed E-state index contributed by atoms with van der Waals surface area (Å²) in [5, 5.41) is 2.75. The first kappa shape index (κ1) is 25.1. The molecule has 0 saturated heterocycles. The van der Waals surface area contributed by atoms with E-state index in [1.807, 2.05) is 0 Å². The van der Waals surface area contributed by atoms with Crippen LogP contribution in [0.5, 0.6) is 5.75 Å². The van der Waals surface area contributed by atoms with Crippen LogP contribution >= 0.6 is 0 Å². The van der Waals surface area contributed by atoms with Gasteiger partial charge in [0.2, 0.25) is 5.91 Å². The van der Waals surface area contributed by atoms with Crippen LogP contribution in [0.25, 0.3) is 0 Å². The molecular weight excluding hydrogens is 398 g/mol. The van der Waals surface area contributed by atoms with Crippen LogP contribution < -0.4 is 10.1 Å². The van der Waals surface area contributed by atoms with E-state index in [0.717, 1.165) is 19.5 Å². The Bertz CT molecular complexity index is 742. The van der Waals surface area contributed by atoms with Crippen molar-refractivity contribution in [1.82, 2.24) is 9.80 Å². The average Bonchev–Trinajstić information content (AvgIpc) is 2.74. The highest BCUT2D eigenvalue weighted by molar-refractivity contribution is 5.99. The highest BCUT2D eigenvalue weighted by atomic mass is 16.5. The number of amides is 2. The number of fused-ring (bicyclic) bond motifs is 1. The minimum absolute atomic E-state index is 0.0559. The minimum Gasteiger partial charge on any atom is -0.491 e. The molecule has 174 valence electrons. The van der Waals surface area contributed by atoms with Crippen LogP contribution in [0.4, 0.5) is 5.69 Å². The molecule has 1 heterocycles. The fraction of sp³-hybridized carbons (Fsp3) is 0.652. The normalized spacial score (nSPS) is 23.4. The van der Waals surface area contributed by atoms with Crippen molar-refractivity contribution >= 4 is 17.5 Å². The van der Waals surface area contributed by atoms with E-state index < -0.39 is 0 Å². The SMILES string of the molecule is CCCN1C[C@@H](C)[C@@H](OC)CN(C)C(=O)c2cc(NC(=O)COC)ccc2OC[C@H]1C. The Kier molecular flexibility index (Phi) is 9.74. The average molecular weight is 436 g/mol. The molecule has 0 aliphatic carbocycles. The van der Waals surface area contributed by atoms with Crippen LogP contribution in [0.15, 0.2) is 18.2 Å². The third kappa shape index (κ3) is 6.92. The van der Waals surface area contributed by atoms with Crippen LogP contribution in [0, 0.1) is 5.92 Å². The van der Waals surface area contributed by atoms with Crippen LogP contribution in [0.3, 0.4) is 0 Å². The first-order valence-corrected chi connectivity index (χ1v) is 10.9. The molecule has 3 atom stereocenters. The molecular formula is C23H37N3O5. The molecule has 31 heavy (non-hydrogen) atoms. The number of nitrogens with zero attached hydrogens (tertiary/aromatic N) is 2. The zero-order chi connectivity index (χ0) is 23.0. The Hall–Kier alpha value is -2.16. The van der Waals surface area contributed by atoms with E-state index in [-0.39, 0.29) is 36.5 Å². The predicted molar refractivity (Wildman–Crippen MR) is 121 cm³/mol. The minimum atomic E-state index is -0.283. The van der Waals surface area contributed by atoms with Crippen LogP contribution in [-0.4, -0.2) is 87.9 Å². The van der Waals surface area contributed by atoms with E-state index in [2.05, 4.69) is 31.0 Å². The number of likely N-dealkylation sites (N-methyl/N-ethyl adjacent to an activating group) is 1. The zero-order valence-corrected chi connectivity index (χ0v) is 19.6. The van der Waals surface area contributed by atoms with Gasteiger partial charge < -0.3 is 24.4 Å². The number of ether oxygens (including phenoxy) is 3. The Balaban J connectivity index is 2.38. The van der Waals surface area contributed by atoms with E-state index in [9.17, 15) is 9.59 Å². The van der Waals surface area contributed by atoms with Gasteiger partial charge in [-0.2, -0.15) is 0 Å². The number of rotatable bonds is 6. The maximum atomic E-state index is 13.3. The largest absolute Gasteiger partial charge is 0.491 e. The molecule has 2 amide bonds. The Morgan fingerprint density at radius 2 is 2.00 bits per heavy atom. The van der Waals surface area contributed by atoms with Crippen molar-refractivity contribution < 1.29 is 23.8 Å². The summed E-state index contributed by atoms with van der Waals surface area (Å²) in [6.07, 6.45) is 0.961. The summed E-state index contributed by atoms with van der Waals surface area (Å²) in [7, 11) is 4.92. The van der Waals surface area contributed by atoms with E-state index in [1.165, 1.54) is 7.11 Å². The molecule has 0 fully saturated rings. The molecule has 0 unspecified atom stereocenters. The standard InChI is InChI=1S/C23H37N3O5/c1-7-10-26-12-16(2)21(30-6)13-25(4)23(28)19-11-18(24-22(27)15-29-5)8-9-20(19)31-14-17(26)3/h8-9,11,16-17,21H,7,10,12-15H2,1-6H3,(H,24,27)/t16-,17-,21+/m1/s1. The second-order valence-electron chi connectivity index (χ2n) is 8.28. The highest BCUT2D eigenvalue weighted by Crippen LogP contribution is 2.26. The fourth-order valence-corrected chi connectivity index (χ4v) is 3.86. The summed E-state index contributed by atoms with van der Waals surface area (Å²) in [6, 6.07) is 5.32. The van der Waals surface area contributed by atoms with Gasteiger partial charge in [0.25, 0.3) is 5.91 Å². The Labute approximate surface area is 185 Å². The number of nitrogens with one attached hydrogen (secondary N) is 1. The predicted octanol–water partition coefficient (Wildman–Crippen LogP) is 2.49. The van der Waals surface area contributed by atoms with Gasteiger partial charge in [0.05, 0.1) is 11.7 Å². The van der Waals surface area contributed by atoms with Crippen molar-refractivity contribution in [2.45, 2.75) is 39.3 Å². The van der Waals surface area contributed by atoms with Crippen LogP contribution in [0.1, 0.15) is 37.6 Å². The molecule has 0 saturated carbocycles. The Morgan fingerprint density at radius 1 is 1.26 bits per heavy atom. The van der Waals surface area contributed by atoms with Gasteiger partial charge in [0, 0.05) is 46.1 Å². The lowest BCUT2D eigenvalue weighted by atomic mass is 10.0. The maximum absolute atomic E-state index is 13.3. The second kappa shape index (κ2) is 12.0. The fourth-order valence-electron chi connectivity index (χ4n) is 3.86. The maximum Gasteiger partial charge on any atom is 0.257 e. The number of hydrogen-bond donors (Lipinski definition) is 1. The summed E-state index contributed by atoms with van der Waals surface area (Å²) in [5.41, 5.74) is 0.936. The first-order valence-electron chi connectivity index (χ1n) is 10.9. The summed E-state index contributed by atoms with van der Waals surface area (Å²) < 4.78 is 16.7. The third-order valence-corrected chi connectivity index (χ3v) is 5.64. The monoisotopic (exact) mass is 435 g/mol. The summed E-state index contributed by atoms with van der Waals surface area (Å²) in [4.78, 5) is 29.3. The molecule has 1 aromatic carbocycles. The molecule has 0 bridgehead atoms. The molecule has 0 radical (unpaired) electrons. The van der Waals surface area contributed by atoms with Crippen LogP contribution in [0.2, 0.25) is 0 Å². The van der Waals surface area contributed by atoms with Gasteiger partial charge >= 0.3 is 0 Å². The summed E-state index contributed by atoms with van der Waals surface area (Å²) in [6.45, 7) is 9.18. The number of methoxy groups -OCH3 is 2. The smallest absolute Gasteiger partial charge is 0.257 e. The summed E-state index contributed by atoms with van der Waals surface area (Å²) >= 11 is 0. The lowest BCUT2D eigenvalue weighted by Gasteiger charge is -2.35. The van der Waals surface area contributed by atoms with Crippen molar-refractivity contribution in [2.75, 3.05) is 59.4 Å². The van der Waals surface area contributed by atoms with E-state index in [4.69, 9.17) is 14.2 Å². The summed E-state index contributed by atoms with van der Waals surface area (Å²) in [5.74, 6) is 0.292. The zero-order valence-electron chi connectivity index (χ0n) is 19.6. The third-order valence-electron chi connectivity index (χ3n) is 5.64. The van der Waals surface area contributed by atoms with E-state index in [0.29, 0.717) is 30.2 Å². The number of carbonyl (C=O) groups is 2. The molecule has 1 N–H and O–H groups in total. The molecule has 0 spiro atoms. The number of benzene rings is 1. The van der Waals surface area contributed by atoms with Crippen molar-refractivity contribution in [1.29, 1.82) is 0 Å². The van der Waals surface area contributed by atoms with E-state index in [1.54, 1.807) is 37.3 Å². The first-order chi connectivity index (χ1) is 14.8. The van der Waals surface area contributed by atoms with Crippen molar-refractivity contribution in [2.24, 2.45) is 5.92 Å². The van der Waals surface area contributed by atoms with Gasteiger partial charge in [-0.3, -0.25) is 14.5 Å². The quantitative estimate of drug-likeness (QED) is 0.740. The molecule has 1 aromatic rings. The van der Waals surface area contributed by atoms with Crippen molar-refractivity contribution in [3.8, 4) is 5.75 Å². The molecule has 8 nitrogen and oxygen atoms in total. The van der Waals surface area contributed by atoms with E-state index >= 15 is 0 Å². The highest BCUT2D eigenvalue weighted by Gasteiger charge is 2.28. The topological polar surface area (TPSA) is 80.3 Å².